The third-order valence-corrected chi connectivity index (χ3v) is 5.66. The third kappa shape index (κ3) is 2.89. The first-order valence-corrected chi connectivity index (χ1v) is 10.3. The molecule has 0 atom stereocenters. The molecule has 0 radical (unpaired) electrons. The number of imidazole rings is 1. The quantitative estimate of drug-likeness (QED) is 0.430. The minimum absolute atomic E-state index is 0.198. The molecule has 1 N–H and O–H groups in total. The van der Waals surface area contributed by atoms with Crippen molar-refractivity contribution in [2.24, 2.45) is 0 Å². The van der Waals surface area contributed by atoms with Crippen LogP contribution in [0.5, 0.6) is 0 Å². The number of benzene rings is 2. The Morgan fingerprint density at radius 1 is 0.812 bits per heavy atom. The molecular weight excluding hydrogens is 398 g/mol. The Morgan fingerprint density at radius 2 is 1.62 bits per heavy atom. The minimum atomic E-state index is -0.198. The molecule has 0 spiro atoms. The maximum absolute atomic E-state index is 13.7. The van der Waals surface area contributed by atoms with Gasteiger partial charge < -0.3 is 5.32 Å². The van der Waals surface area contributed by atoms with Crippen molar-refractivity contribution in [2.75, 3.05) is 5.32 Å². The van der Waals surface area contributed by atoms with Crippen molar-refractivity contribution in [2.45, 2.75) is 0 Å². The summed E-state index contributed by atoms with van der Waals surface area (Å²) < 4.78 is 3.86. The first-order valence-electron chi connectivity index (χ1n) is 10.3. The number of hydrogen-bond acceptors (Lipinski definition) is 3. The van der Waals surface area contributed by atoms with Gasteiger partial charge in [0, 0.05) is 45.8 Å². The van der Waals surface area contributed by atoms with Crippen molar-refractivity contribution < 1.29 is 9.20 Å². The first kappa shape index (κ1) is 18.2. The van der Waals surface area contributed by atoms with Gasteiger partial charge in [-0.15, -0.1) is 0 Å². The highest BCUT2D eigenvalue weighted by atomic mass is 16.2. The third-order valence-electron chi connectivity index (χ3n) is 5.66. The molecule has 4 aromatic heterocycles. The van der Waals surface area contributed by atoms with Crippen molar-refractivity contribution in [1.29, 1.82) is 0 Å². The highest BCUT2D eigenvalue weighted by molar-refractivity contribution is 6.11. The Kier molecular flexibility index (Phi) is 4.14. The van der Waals surface area contributed by atoms with E-state index in [1.165, 1.54) is 0 Å². The van der Waals surface area contributed by atoms with Crippen LogP contribution in [0.25, 0.3) is 32.7 Å². The number of hydrogen-bond donors (Lipinski definition) is 1. The number of amides is 1. The van der Waals surface area contributed by atoms with E-state index >= 15 is 0 Å². The van der Waals surface area contributed by atoms with Gasteiger partial charge in [-0.1, -0.05) is 36.4 Å². The minimum Gasteiger partial charge on any atom is -0.318 e. The summed E-state index contributed by atoms with van der Waals surface area (Å²) in [7, 11) is 0. The van der Waals surface area contributed by atoms with Gasteiger partial charge in [0.15, 0.2) is 11.2 Å². The second-order valence-corrected chi connectivity index (χ2v) is 7.56. The number of rotatable bonds is 3. The topological polar surface area (TPSA) is 63.9 Å². The summed E-state index contributed by atoms with van der Waals surface area (Å²) in [6.45, 7) is 0. The van der Waals surface area contributed by atoms with Crippen molar-refractivity contribution >= 4 is 38.7 Å². The van der Waals surface area contributed by atoms with Crippen molar-refractivity contribution in [1.82, 2.24) is 14.5 Å². The number of pyridine rings is 3. The average Bonchev–Trinajstić information content (AvgIpc) is 3.23. The number of nitrogens with zero attached hydrogens (tertiary/aromatic N) is 4. The van der Waals surface area contributed by atoms with Crippen LogP contribution in [0.4, 0.5) is 5.69 Å². The maximum Gasteiger partial charge on any atom is 0.300 e. The number of carbonyl (C=O) groups is 1. The molecule has 6 aromatic rings. The highest BCUT2D eigenvalue weighted by Gasteiger charge is 2.27. The van der Waals surface area contributed by atoms with Crippen LogP contribution in [0.3, 0.4) is 0 Å². The Bertz CT molecular complexity index is 1630. The molecule has 6 nitrogen and oxygen atoms in total. The van der Waals surface area contributed by atoms with Gasteiger partial charge in [0.1, 0.15) is 0 Å². The Hall–Kier alpha value is -4.58. The van der Waals surface area contributed by atoms with Crippen molar-refractivity contribution in [3.8, 4) is 5.69 Å². The Labute approximate surface area is 183 Å². The number of aromatic nitrogens is 4. The maximum atomic E-state index is 13.7. The van der Waals surface area contributed by atoms with Gasteiger partial charge >= 0.3 is 5.91 Å². The summed E-state index contributed by atoms with van der Waals surface area (Å²) in [6, 6.07) is 21.6. The zero-order chi connectivity index (χ0) is 21.5. The molecule has 32 heavy (non-hydrogen) atoms. The molecule has 0 aliphatic heterocycles. The fourth-order valence-corrected chi connectivity index (χ4v) is 4.18. The number of carbonyl (C=O) groups excluding carboxylic acids is 1. The van der Waals surface area contributed by atoms with Gasteiger partial charge in [0.2, 0.25) is 5.69 Å². The van der Waals surface area contributed by atoms with Crippen LogP contribution in [0, 0.1) is 0 Å². The normalized spacial score (nSPS) is 11.2. The number of nitrogens with one attached hydrogen (secondary N) is 1. The molecule has 0 aliphatic carbocycles. The van der Waals surface area contributed by atoms with E-state index < -0.39 is 0 Å². The van der Waals surface area contributed by atoms with Gasteiger partial charge in [-0.2, -0.15) is 4.57 Å². The monoisotopic (exact) mass is 416 g/mol. The molecule has 152 valence electrons. The summed E-state index contributed by atoms with van der Waals surface area (Å²) in [4.78, 5) is 22.3. The lowest BCUT2D eigenvalue weighted by molar-refractivity contribution is -0.511. The van der Waals surface area contributed by atoms with Crippen LogP contribution in [-0.4, -0.2) is 20.4 Å². The van der Waals surface area contributed by atoms with Crippen LogP contribution in [0.15, 0.2) is 104 Å². The molecule has 0 unspecified atom stereocenters. The summed E-state index contributed by atoms with van der Waals surface area (Å²) in [5.74, 6) is -0.198. The van der Waals surface area contributed by atoms with Crippen LogP contribution < -0.4 is 9.72 Å². The molecule has 0 saturated heterocycles. The lowest BCUT2D eigenvalue weighted by Crippen LogP contribution is -2.19. The van der Waals surface area contributed by atoms with E-state index in [4.69, 9.17) is 0 Å². The molecule has 0 fully saturated rings. The summed E-state index contributed by atoms with van der Waals surface area (Å²) in [5.41, 5.74) is 2.93. The molecule has 6 rings (SSSR count). The van der Waals surface area contributed by atoms with Gasteiger partial charge in [-0.05, 0) is 30.3 Å². The van der Waals surface area contributed by atoms with Crippen LogP contribution in [-0.2, 0) is 0 Å². The molecule has 0 aliphatic rings. The summed E-state index contributed by atoms with van der Waals surface area (Å²) >= 11 is 0. The van der Waals surface area contributed by atoms with Gasteiger partial charge in [0.25, 0.3) is 6.33 Å². The van der Waals surface area contributed by atoms with Gasteiger partial charge in [-0.3, -0.25) is 14.8 Å². The van der Waals surface area contributed by atoms with E-state index in [0.29, 0.717) is 5.69 Å². The van der Waals surface area contributed by atoms with E-state index in [0.717, 1.165) is 38.4 Å². The Balaban J connectivity index is 1.55. The van der Waals surface area contributed by atoms with E-state index in [9.17, 15) is 4.79 Å². The van der Waals surface area contributed by atoms with Crippen LogP contribution in [0.1, 0.15) is 10.5 Å². The standard InChI is InChI=1S/C26H17N5O/c32-26(29-22-9-5-7-18-14-27-12-11-20(18)22)25-23-10-3-4-13-30(23)17-31(25)24-16-28-15-19-6-1-2-8-21(19)24/h1-17H/p+1. The van der Waals surface area contributed by atoms with Crippen molar-refractivity contribution in [3.63, 3.8) is 0 Å². The molecule has 0 bridgehead atoms. The summed E-state index contributed by atoms with van der Waals surface area (Å²) in [6.07, 6.45) is 11.0. The van der Waals surface area contributed by atoms with E-state index in [2.05, 4.69) is 15.3 Å². The lowest BCUT2D eigenvalue weighted by Gasteiger charge is -2.09. The lowest BCUT2D eigenvalue weighted by atomic mass is 10.1. The highest BCUT2D eigenvalue weighted by Crippen LogP contribution is 2.26. The molecular formula is C26H18N5O+. The van der Waals surface area contributed by atoms with Crippen LogP contribution in [0.2, 0.25) is 0 Å². The van der Waals surface area contributed by atoms with E-state index in [-0.39, 0.29) is 5.91 Å². The number of anilines is 1. The molecule has 4 heterocycles. The largest absolute Gasteiger partial charge is 0.318 e. The van der Waals surface area contributed by atoms with E-state index in [1.807, 2.05) is 94.4 Å². The summed E-state index contributed by atoms with van der Waals surface area (Å²) in [5, 5.41) is 7.07. The molecule has 2 aromatic carbocycles. The van der Waals surface area contributed by atoms with E-state index in [1.54, 1.807) is 18.6 Å². The molecule has 0 saturated carbocycles. The van der Waals surface area contributed by atoms with Gasteiger partial charge in [-0.25, -0.2) is 4.40 Å². The van der Waals surface area contributed by atoms with Crippen LogP contribution >= 0.6 is 0 Å². The van der Waals surface area contributed by atoms with Gasteiger partial charge in [0.05, 0.1) is 12.4 Å². The molecule has 1 amide bonds. The zero-order valence-electron chi connectivity index (χ0n) is 17.0. The predicted octanol–water partition coefficient (Wildman–Crippen LogP) is 4.56. The smallest absolute Gasteiger partial charge is 0.300 e. The fourth-order valence-electron chi connectivity index (χ4n) is 4.18. The Morgan fingerprint density at radius 3 is 2.59 bits per heavy atom. The number of fused-ring (bicyclic) bond motifs is 3. The zero-order valence-corrected chi connectivity index (χ0v) is 17.0. The van der Waals surface area contributed by atoms with Crippen molar-refractivity contribution in [3.05, 3.63) is 110 Å². The second-order valence-electron chi connectivity index (χ2n) is 7.56. The predicted molar refractivity (Wildman–Crippen MR) is 124 cm³/mol. The molecule has 6 heteroatoms. The second kappa shape index (κ2) is 7.28. The first-order chi connectivity index (χ1) is 15.8. The average molecular weight is 416 g/mol. The fraction of sp³-hybridized carbons (Fsp3) is 0. The SMILES string of the molecule is O=C(Nc1cccc2cnccc12)c1c2cccc[n+]2cn1-c1cncc2ccccc12.